The van der Waals surface area contributed by atoms with Gasteiger partial charge in [0.1, 0.15) is 5.82 Å². The molecular weight excluding hydrogens is 136 g/mol. The Balaban J connectivity index is 3.02. The monoisotopic (exact) mass is 150 g/mol. The van der Waals surface area contributed by atoms with Crippen LogP contribution >= 0.6 is 0 Å². The molecule has 2 heteroatoms. The third-order valence-corrected chi connectivity index (χ3v) is 1.67. The van der Waals surface area contributed by atoms with Crippen molar-refractivity contribution in [1.82, 2.24) is 9.97 Å². The van der Waals surface area contributed by atoms with Gasteiger partial charge in [0.2, 0.25) is 0 Å². The van der Waals surface area contributed by atoms with Crippen molar-refractivity contribution in [1.29, 1.82) is 0 Å². The second-order valence-electron chi connectivity index (χ2n) is 2.60. The zero-order valence-electron chi connectivity index (χ0n) is 7.39. The summed E-state index contributed by atoms with van der Waals surface area (Å²) in [5.41, 5.74) is 2.30. The van der Waals surface area contributed by atoms with Crippen LogP contribution in [0.4, 0.5) is 0 Å². The molecule has 1 aromatic rings. The summed E-state index contributed by atoms with van der Waals surface area (Å²) < 4.78 is 0. The number of rotatable bonds is 2. The van der Waals surface area contributed by atoms with Crippen LogP contribution in [0.25, 0.3) is 0 Å². The van der Waals surface area contributed by atoms with Crippen LogP contribution in [0.3, 0.4) is 0 Å². The average molecular weight is 150 g/mol. The SMILES string of the molecule is CCc1cc(CC)nc(C)n1. The lowest BCUT2D eigenvalue weighted by molar-refractivity contribution is 0.894. The van der Waals surface area contributed by atoms with E-state index in [9.17, 15) is 0 Å². The standard InChI is InChI=1S/C9H14N2/c1-4-8-6-9(5-2)11-7(3)10-8/h6H,4-5H2,1-3H3. The van der Waals surface area contributed by atoms with E-state index in [4.69, 9.17) is 0 Å². The summed E-state index contributed by atoms with van der Waals surface area (Å²) in [4.78, 5) is 8.58. The normalized spacial score (nSPS) is 10.1. The van der Waals surface area contributed by atoms with Crippen molar-refractivity contribution in [2.24, 2.45) is 0 Å². The van der Waals surface area contributed by atoms with E-state index < -0.39 is 0 Å². The van der Waals surface area contributed by atoms with Gasteiger partial charge in [-0.05, 0) is 25.8 Å². The van der Waals surface area contributed by atoms with Crippen molar-refractivity contribution >= 4 is 0 Å². The minimum atomic E-state index is 0.890. The fraction of sp³-hybridized carbons (Fsp3) is 0.556. The minimum Gasteiger partial charge on any atom is -0.238 e. The molecule has 0 aliphatic heterocycles. The second kappa shape index (κ2) is 3.46. The number of nitrogens with zero attached hydrogens (tertiary/aromatic N) is 2. The molecule has 0 N–H and O–H groups in total. The zero-order valence-corrected chi connectivity index (χ0v) is 7.39. The Labute approximate surface area is 67.7 Å². The predicted octanol–water partition coefficient (Wildman–Crippen LogP) is 1.91. The maximum Gasteiger partial charge on any atom is 0.125 e. The molecule has 0 atom stereocenters. The largest absolute Gasteiger partial charge is 0.238 e. The molecule has 0 amide bonds. The Kier molecular flexibility index (Phi) is 2.58. The third-order valence-electron chi connectivity index (χ3n) is 1.67. The van der Waals surface area contributed by atoms with Crippen molar-refractivity contribution in [2.75, 3.05) is 0 Å². The van der Waals surface area contributed by atoms with Crippen LogP contribution in [0.15, 0.2) is 6.07 Å². The van der Waals surface area contributed by atoms with E-state index in [1.54, 1.807) is 0 Å². The van der Waals surface area contributed by atoms with Gasteiger partial charge in [0, 0.05) is 11.4 Å². The fourth-order valence-electron chi connectivity index (χ4n) is 1.06. The van der Waals surface area contributed by atoms with Gasteiger partial charge in [0.15, 0.2) is 0 Å². The van der Waals surface area contributed by atoms with Gasteiger partial charge >= 0.3 is 0 Å². The molecule has 0 bridgehead atoms. The number of hydrogen-bond acceptors (Lipinski definition) is 2. The Hall–Kier alpha value is -0.920. The number of hydrogen-bond donors (Lipinski definition) is 0. The van der Waals surface area contributed by atoms with Gasteiger partial charge in [0.25, 0.3) is 0 Å². The van der Waals surface area contributed by atoms with Crippen molar-refractivity contribution in [3.05, 3.63) is 23.3 Å². The maximum absolute atomic E-state index is 4.29. The van der Waals surface area contributed by atoms with Gasteiger partial charge in [-0.1, -0.05) is 13.8 Å². The lowest BCUT2D eigenvalue weighted by Gasteiger charge is -2.00. The summed E-state index contributed by atoms with van der Waals surface area (Å²) in [7, 11) is 0. The van der Waals surface area contributed by atoms with E-state index in [0.29, 0.717) is 0 Å². The lowest BCUT2D eigenvalue weighted by Crippen LogP contribution is -1.98. The number of aromatic nitrogens is 2. The first-order valence-corrected chi connectivity index (χ1v) is 4.09. The molecule has 60 valence electrons. The zero-order chi connectivity index (χ0) is 8.27. The summed E-state index contributed by atoms with van der Waals surface area (Å²) >= 11 is 0. The van der Waals surface area contributed by atoms with E-state index >= 15 is 0 Å². The summed E-state index contributed by atoms with van der Waals surface area (Å²) in [5.74, 6) is 0.890. The van der Waals surface area contributed by atoms with Crippen molar-refractivity contribution in [2.45, 2.75) is 33.6 Å². The minimum absolute atomic E-state index is 0.890. The molecule has 1 aromatic heterocycles. The highest BCUT2D eigenvalue weighted by Crippen LogP contribution is 2.01. The van der Waals surface area contributed by atoms with Crippen LogP contribution in [0, 0.1) is 6.92 Å². The third kappa shape index (κ3) is 2.00. The average Bonchev–Trinajstić information content (AvgIpc) is 2.03. The van der Waals surface area contributed by atoms with Gasteiger partial charge in [-0.25, -0.2) is 9.97 Å². The van der Waals surface area contributed by atoms with Crippen LogP contribution in [-0.2, 0) is 12.8 Å². The van der Waals surface area contributed by atoms with Crippen LogP contribution in [0.5, 0.6) is 0 Å². The highest BCUT2D eigenvalue weighted by atomic mass is 14.9. The quantitative estimate of drug-likeness (QED) is 0.643. The highest BCUT2D eigenvalue weighted by molar-refractivity contribution is 5.10. The summed E-state index contributed by atoms with van der Waals surface area (Å²) in [5, 5.41) is 0. The first-order chi connectivity index (χ1) is 5.26. The number of aryl methyl sites for hydroxylation is 3. The second-order valence-corrected chi connectivity index (χ2v) is 2.60. The molecule has 1 heterocycles. The van der Waals surface area contributed by atoms with Gasteiger partial charge < -0.3 is 0 Å². The molecule has 0 unspecified atom stereocenters. The molecule has 1 rings (SSSR count). The lowest BCUT2D eigenvalue weighted by atomic mass is 10.2. The topological polar surface area (TPSA) is 25.8 Å². The van der Waals surface area contributed by atoms with E-state index in [-0.39, 0.29) is 0 Å². The summed E-state index contributed by atoms with van der Waals surface area (Å²) in [6.45, 7) is 6.17. The molecule has 0 fully saturated rings. The molecule has 2 nitrogen and oxygen atoms in total. The molecule has 0 radical (unpaired) electrons. The maximum atomic E-state index is 4.29. The van der Waals surface area contributed by atoms with Crippen LogP contribution < -0.4 is 0 Å². The van der Waals surface area contributed by atoms with E-state index in [0.717, 1.165) is 30.1 Å². The summed E-state index contributed by atoms with van der Waals surface area (Å²) in [6.07, 6.45) is 1.99. The highest BCUT2D eigenvalue weighted by Gasteiger charge is 1.96. The van der Waals surface area contributed by atoms with Crippen LogP contribution in [0.1, 0.15) is 31.1 Å². The molecule has 0 aliphatic carbocycles. The fourth-order valence-corrected chi connectivity index (χ4v) is 1.06. The molecule has 0 aliphatic rings. The summed E-state index contributed by atoms with van der Waals surface area (Å²) in [6, 6.07) is 2.08. The van der Waals surface area contributed by atoms with Crippen molar-refractivity contribution in [3.8, 4) is 0 Å². The Morgan fingerprint density at radius 1 is 1.09 bits per heavy atom. The van der Waals surface area contributed by atoms with E-state index in [1.165, 1.54) is 0 Å². The van der Waals surface area contributed by atoms with Crippen LogP contribution in [-0.4, -0.2) is 9.97 Å². The molecule has 0 saturated heterocycles. The van der Waals surface area contributed by atoms with Gasteiger partial charge in [0.05, 0.1) is 0 Å². The smallest absolute Gasteiger partial charge is 0.125 e. The molecule has 0 saturated carbocycles. The first-order valence-electron chi connectivity index (χ1n) is 4.09. The molecule has 0 spiro atoms. The molecular formula is C9H14N2. The van der Waals surface area contributed by atoms with Gasteiger partial charge in [-0.2, -0.15) is 0 Å². The Morgan fingerprint density at radius 3 is 1.91 bits per heavy atom. The molecule has 11 heavy (non-hydrogen) atoms. The first kappa shape index (κ1) is 8.18. The van der Waals surface area contributed by atoms with Crippen molar-refractivity contribution < 1.29 is 0 Å². The van der Waals surface area contributed by atoms with Crippen molar-refractivity contribution in [3.63, 3.8) is 0 Å². The Morgan fingerprint density at radius 2 is 1.55 bits per heavy atom. The van der Waals surface area contributed by atoms with Crippen LogP contribution in [0.2, 0.25) is 0 Å². The van der Waals surface area contributed by atoms with E-state index in [2.05, 4.69) is 29.9 Å². The van der Waals surface area contributed by atoms with Gasteiger partial charge in [-0.3, -0.25) is 0 Å². The Bertz CT molecular complexity index is 221. The predicted molar refractivity (Wildman–Crippen MR) is 45.5 cm³/mol. The van der Waals surface area contributed by atoms with Gasteiger partial charge in [-0.15, -0.1) is 0 Å². The van der Waals surface area contributed by atoms with E-state index in [1.807, 2.05) is 6.92 Å². The molecule has 0 aromatic carbocycles.